The van der Waals surface area contributed by atoms with Gasteiger partial charge in [0, 0.05) is 17.9 Å². The molecule has 1 aliphatic heterocycles. The third-order valence-corrected chi connectivity index (χ3v) is 2.78. The van der Waals surface area contributed by atoms with E-state index >= 15 is 0 Å². The molecule has 1 aromatic rings. The minimum atomic E-state index is -0.534. The maximum absolute atomic E-state index is 11.2. The Morgan fingerprint density at radius 1 is 1.56 bits per heavy atom. The lowest BCUT2D eigenvalue weighted by Crippen LogP contribution is -1.99. The Bertz CT molecular complexity index is 529. The van der Waals surface area contributed by atoms with Gasteiger partial charge in [-0.3, -0.25) is 10.1 Å². The highest BCUT2D eigenvalue weighted by atomic mass is 32.1. The van der Waals surface area contributed by atoms with E-state index in [2.05, 4.69) is 4.99 Å². The zero-order valence-corrected chi connectivity index (χ0v) is 8.98. The summed E-state index contributed by atoms with van der Waals surface area (Å²) < 4.78 is 4.71. The second kappa shape index (κ2) is 3.86. The normalized spacial score (nSPS) is 17.4. The Kier molecular flexibility index (Phi) is 2.53. The number of nitrogens with zero attached hydrogens (tertiary/aromatic N) is 2. The molecule has 0 saturated heterocycles. The summed E-state index contributed by atoms with van der Waals surface area (Å²) >= 11 is 0.979. The highest BCUT2D eigenvalue weighted by Gasteiger charge is 2.20. The lowest BCUT2D eigenvalue weighted by atomic mass is 10.3. The molecule has 16 heavy (non-hydrogen) atoms. The number of esters is 1. The van der Waals surface area contributed by atoms with Gasteiger partial charge in [-0.05, 0) is 12.1 Å². The van der Waals surface area contributed by atoms with Crippen molar-refractivity contribution in [3.63, 3.8) is 0 Å². The van der Waals surface area contributed by atoms with Crippen molar-refractivity contribution in [3.05, 3.63) is 32.8 Å². The second-order valence-electron chi connectivity index (χ2n) is 2.98. The van der Waals surface area contributed by atoms with Gasteiger partial charge < -0.3 is 4.74 Å². The first-order chi connectivity index (χ1) is 7.56. The first kappa shape index (κ1) is 10.5. The molecular weight excluding hydrogens is 232 g/mol. The predicted molar refractivity (Wildman–Crippen MR) is 58.2 cm³/mol. The fraction of sp³-hybridized carbons (Fsp3) is 0.111. The van der Waals surface area contributed by atoms with E-state index in [1.807, 2.05) is 0 Å². The van der Waals surface area contributed by atoms with Crippen molar-refractivity contribution >= 4 is 34.3 Å². The van der Waals surface area contributed by atoms with Gasteiger partial charge in [-0.15, -0.1) is 0 Å². The van der Waals surface area contributed by atoms with Crippen LogP contribution < -0.4 is 0 Å². The topological polar surface area (TPSA) is 81.8 Å². The van der Waals surface area contributed by atoms with Crippen LogP contribution in [-0.2, 0) is 9.53 Å². The molecule has 0 aromatic carbocycles. The third-order valence-electron chi connectivity index (χ3n) is 1.80. The average molecular weight is 238 g/mol. The number of ether oxygens (including phenoxy) is 1. The van der Waals surface area contributed by atoms with Crippen LogP contribution in [0, 0.1) is 10.1 Å². The van der Waals surface area contributed by atoms with Crippen molar-refractivity contribution in [2.75, 3.05) is 0 Å². The summed E-state index contributed by atoms with van der Waals surface area (Å²) in [6.45, 7) is 1.57. The molecule has 0 fully saturated rings. The van der Waals surface area contributed by atoms with Gasteiger partial charge in [-0.1, -0.05) is 11.3 Å². The molecule has 0 amide bonds. The van der Waals surface area contributed by atoms with E-state index in [1.54, 1.807) is 13.0 Å². The Hall–Kier alpha value is -2.02. The highest BCUT2D eigenvalue weighted by Crippen LogP contribution is 2.27. The average Bonchev–Trinajstić information content (AvgIpc) is 2.75. The lowest BCUT2D eigenvalue weighted by Gasteiger charge is -1.88. The van der Waals surface area contributed by atoms with Gasteiger partial charge in [0.15, 0.2) is 11.6 Å². The summed E-state index contributed by atoms with van der Waals surface area (Å²) in [6, 6.07) is 2.94. The number of rotatable bonds is 2. The van der Waals surface area contributed by atoms with Crippen molar-refractivity contribution in [3.8, 4) is 0 Å². The van der Waals surface area contributed by atoms with Crippen LogP contribution in [0.2, 0.25) is 0 Å². The first-order valence-corrected chi connectivity index (χ1v) is 5.11. The number of nitro groups is 1. The molecule has 0 spiro atoms. The van der Waals surface area contributed by atoms with E-state index in [0.717, 1.165) is 11.3 Å². The zero-order valence-electron chi connectivity index (χ0n) is 8.17. The lowest BCUT2D eigenvalue weighted by molar-refractivity contribution is -0.380. The number of thiophene rings is 1. The van der Waals surface area contributed by atoms with Crippen LogP contribution in [0.25, 0.3) is 6.08 Å². The maximum Gasteiger partial charge on any atom is 0.363 e. The molecule has 82 valence electrons. The molecule has 2 heterocycles. The molecule has 0 saturated carbocycles. The van der Waals surface area contributed by atoms with Crippen molar-refractivity contribution < 1.29 is 14.5 Å². The van der Waals surface area contributed by atoms with Gasteiger partial charge >= 0.3 is 11.0 Å². The molecular formula is C9H6N2O4S. The number of hydrogen-bond donors (Lipinski definition) is 0. The number of cyclic esters (lactones) is 1. The summed E-state index contributed by atoms with van der Waals surface area (Å²) in [6.07, 6.45) is 1.47. The Morgan fingerprint density at radius 2 is 2.31 bits per heavy atom. The Balaban J connectivity index is 2.29. The number of carbonyl (C=O) groups excluding carboxylic acids is 1. The molecule has 1 aliphatic rings. The summed E-state index contributed by atoms with van der Waals surface area (Å²) in [7, 11) is 0. The van der Waals surface area contributed by atoms with Crippen molar-refractivity contribution in [1.29, 1.82) is 0 Å². The molecule has 0 unspecified atom stereocenters. The number of carbonyl (C=O) groups is 1. The third kappa shape index (κ3) is 1.98. The van der Waals surface area contributed by atoms with Gasteiger partial charge in [-0.25, -0.2) is 9.79 Å². The van der Waals surface area contributed by atoms with Crippen molar-refractivity contribution in [1.82, 2.24) is 0 Å². The minimum Gasteiger partial charge on any atom is -0.407 e. The van der Waals surface area contributed by atoms with Crippen LogP contribution in [0.1, 0.15) is 11.8 Å². The van der Waals surface area contributed by atoms with E-state index in [0.29, 0.717) is 4.88 Å². The van der Waals surface area contributed by atoms with E-state index in [4.69, 9.17) is 4.74 Å². The fourth-order valence-electron chi connectivity index (χ4n) is 1.17. The van der Waals surface area contributed by atoms with Crippen LogP contribution in [-0.4, -0.2) is 16.8 Å². The van der Waals surface area contributed by atoms with Gasteiger partial charge in [0.05, 0.1) is 4.92 Å². The first-order valence-electron chi connectivity index (χ1n) is 4.29. The van der Waals surface area contributed by atoms with Crippen molar-refractivity contribution in [2.24, 2.45) is 4.99 Å². The standard InChI is InChI=1S/C9H6N2O4S/c1-5-10-7(9(12)15-5)4-6-2-3-8(16-6)11(13)14/h2-4H,1H3. The Morgan fingerprint density at radius 3 is 2.81 bits per heavy atom. The Labute approximate surface area is 94.0 Å². The van der Waals surface area contributed by atoms with Gasteiger partial charge in [-0.2, -0.15) is 0 Å². The summed E-state index contributed by atoms with van der Waals surface area (Å²) in [5.41, 5.74) is 0.161. The monoisotopic (exact) mass is 238 g/mol. The van der Waals surface area contributed by atoms with Crippen LogP contribution in [0.3, 0.4) is 0 Å². The molecule has 0 aliphatic carbocycles. The van der Waals surface area contributed by atoms with Gasteiger partial charge in [0.2, 0.25) is 0 Å². The largest absolute Gasteiger partial charge is 0.407 e. The molecule has 0 N–H and O–H groups in total. The number of aliphatic imine (C=N–C) groups is 1. The smallest absolute Gasteiger partial charge is 0.363 e. The van der Waals surface area contributed by atoms with E-state index in [1.165, 1.54) is 12.1 Å². The van der Waals surface area contributed by atoms with Crippen LogP contribution in [0.5, 0.6) is 0 Å². The van der Waals surface area contributed by atoms with Gasteiger partial charge in [0.25, 0.3) is 0 Å². The minimum absolute atomic E-state index is 0.0268. The zero-order chi connectivity index (χ0) is 11.7. The SMILES string of the molecule is CC1=NC(=Cc2ccc([N+](=O)[O-])s2)C(=O)O1. The van der Waals surface area contributed by atoms with Crippen LogP contribution in [0.4, 0.5) is 5.00 Å². The fourth-order valence-corrected chi connectivity index (χ4v) is 1.93. The molecule has 2 rings (SSSR count). The molecule has 0 bridgehead atoms. The predicted octanol–water partition coefficient (Wildman–Crippen LogP) is 1.97. The van der Waals surface area contributed by atoms with E-state index in [9.17, 15) is 14.9 Å². The van der Waals surface area contributed by atoms with E-state index in [-0.39, 0.29) is 16.6 Å². The summed E-state index contributed by atoms with van der Waals surface area (Å²) in [5.74, 6) is -0.254. The molecule has 0 atom stereocenters. The van der Waals surface area contributed by atoms with E-state index < -0.39 is 10.9 Å². The summed E-state index contributed by atoms with van der Waals surface area (Å²) in [5, 5.41) is 10.5. The highest BCUT2D eigenvalue weighted by molar-refractivity contribution is 7.16. The van der Waals surface area contributed by atoms with Crippen molar-refractivity contribution in [2.45, 2.75) is 6.92 Å². The van der Waals surface area contributed by atoms with Crippen LogP contribution >= 0.6 is 11.3 Å². The summed E-state index contributed by atoms with van der Waals surface area (Å²) in [4.78, 5) is 25.6. The number of hydrogen-bond acceptors (Lipinski definition) is 6. The molecule has 1 aromatic heterocycles. The molecule has 0 radical (unpaired) electrons. The maximum atomic E-state index is 11.2. The van der Waals surface area contributed by atoms with Gasteiger partial charge in [0.1, 0.15) is 0 Å². The quantitative estimate of drug-likeness (QED) is 0.341. The van der Waals surface area contributed by atoms with Crippen LogP contribution in [0.15, 0.2) is 22.8 Å². The molecule has 7 heteroatoms. The molecule has 6 nitrogen and oxygen atoms in total. The second-order valence-corrected chi connectivity index (χ2v) is 4.08.